The summed E-state index contributed by atoms with van der Waals surface area (Å²) in [6.07, 6.45) is 6.18. The Bertz CT molecular complexity index is 915. The molecule has 29 heavy (non-hydrogen) atoms. The Balaban J connectivity index is 1.71. The molecule has 0 aliphatic carbocycles. The molecule has 1 heterocycles. The SMILES string of the molecule is O=C(C=Cc1cccc(C=CC(=O)c2ccccc2CN2CCNCC2)c1)NO. The first kappa shape index (κ1) is 20.7. The van der Waals surface area contributed by atoms with Gasteiger partial charge in [0.1, 0.15) is 0 Å². The zero-order valence-corrected chi connectivity index (χ0v) is 16.2. The minimum absolute atomic E-state index is 0.0312. The van der Waals surface area contributed by atoms with Gasteiger partial charge >= 0.3 is 0 Å². The molecule has 0 unspecified atom stereocenters. The van der Waals surface area contributed by atoms with Crippen molar-refractivity contribution in [2.75, 3.05) is 26.2 Å². The van der Waals surface area contributed by atoms with Gasteiger partial charge in [0.2, 0.25) is 0 Å². The summed E-state index contributed by atoms with van der Waals surface area (Å²) in [4.78, 5) is 26.3. The number of amides is 1. The predicted molar refractivity (Wildman–Crippen MR) is 113 cm³/mol. The highest BCUT2D eigenvalue weighted by atomic mass is 16.5. The number of rotatable bonds is 7. The van der Waals surface area contributed by atoms with Crippen molar-refractivity contribution in [3.63, 3.8) is 0 Å². The average Bonchev–Trinajstić information content (AvgIpc) is 2.77. The number of benzene rings is 2. The normalized spacial score (nSPS) is 15.1. The summed E-state index contributed by atoms with van der Waals surface area (Å²) >= 11 is 0. The molecular formula is C23H25N3O3. The van der Waals surface area contributed by atoms with Crippen LogP contribution in [0.3, 0.4) is 0 Å². The second-order valence-corrected chi connectivity index (χ2v) is 6.86. The van der Waals surface area contributed by atoms with E-state index in [4.69, 9.17) is 5.21 Å². The van der Waals surface area contributed by atoms with E-state index < -0.39 is 5.91 Å². The maximum Gasteiger partial charge on any atom is 0.267 e. The summed E-state index contributed by atoms with van der Waals surface area (Å²) in [5, 5.41) is 11.9. The lowest BCUT2D eigenvalue weighted by Crippen LogP contribution is -2.43. The van der Waals surface area contributed by atoms with Gasteiger partial charge in [0.25, 0.3) is 5.91 Å². The van der Waals surface area contributed by atoms with Crippen LogP contribution in [0.1, 0.15) is 27.0 Å². The first-order chi connectivity index (χ1) is 14.2. The standard InChI is InChI=1S/C23H25N3O3/c27-22(10-8-18-4-3-5-19(16-18)9-11-23(28)25-29)21-7-2-1-6-20(21)17-26-14-12-24-13-15-26/h1-11,16,24,29H,12-15,17H2,(H,25,28). The summed E-state index contributed by atoms with van der Waals surface area (Å²) in [6.45, 7) is 4.67. The number of carbonyl (C=O) groups excluding carboxylic acids is 2. The number of carbonyl (C=O) groups is 2. The summed E-state index contributed by atoms with van der Waals surface area (Å²) in [5.41, 5.74) is 4.95. The quantitative estimate of drug-likeness (QED) is 0.292. The molecule has 0 spiro atoms. The Labute approximate surface area is 170 Å². The van der Waals surface area contributed by atoms with E-state index in [1.807, 2.05) is 48.5 Å². The number of allylic oxidation sites excluding steroid dienone is 1. The first-order valence-electron chi connectivity index (χ1n) is 9.61. The minimum Gasteiger partial charge on any atom is -0.314 e. The molecule has 0 saturated carbocycles. The molecule has 2 aromatic rings. The number of ketones is 1. The van der Waals surface area contributed by atoms with Crippen molar-refractivity contribution >= 4 is 23.8 Å². The number of nitrogens with zero attached hydrogens (tertiary/aromatic N) is 1. The highest BCUT2D eigenvalue weighted by Gasteiger charge is 2.14. The molecule has 2 aromatic carbocycles. The van der Waals surface area contributed by atoms with Gasteiger partial charge in [0.05, 0.1) is 0 Å². The highest BCUT2D eigenvalue weighted by Crippen LogP contribution is 2.15. The molecule has 3 rings (SSSR count). The number of hydrogen-bond acceptors (Lipinski definition) is 5. The smallest absolute Gasteiger partial charge is 0.267 e. The van der Waals surface area contributed by atoms with Crippen LogP contribution in [0.25, 0.3) is 12.2 Å². The van der Waals surface area contributed by atoms with Crippen molar-refractivity contribution in [1.29, 1.82) is 0 Å². The van der Waals surface area contributed by atoms with Crippen molar-refractivity contribution in [2.24, 2.45) is 0 Å². The largest absolute Gasteiger partial charge is 0.314 e. The van der Waals surface area contributed by atoms with Crippen LogP contribution in [0.15, 0.2) is 60.7 Å². The Morgan fingerprint density at radius 3 is 2.41 bits per heavy atom. The van der Waals surface area contributed by atoms with Gasteiger partial charge in [-0.3, -0.25) is 19.7 Å². The molecule has 1 aliphatic rings. The van der Waals surface area contributed by atoms with E-state index in [0.29, 0.717) is 0 Å². The van der Waals surface area contributed by atoms with Crippen LogP contribution in [0, 0.1) is 0 Å². The van der Waals surface area contributed by atoms with E-state index in [2.05, 4.69) is 10.2 Å². The van der Waals surface area contributed by atoms with Gasteiger partial charge in [-0.1, -0.05) is 48.5 Å². The van der Waals surface area contributed by atoms with Gasteiger partial charge < -0.3 is 5.32 Å². The second kappa shape index (κ2) is 10.5. The van der Waals surface area contributed by atoms with E-state index in [1.165, 1.54) is 6.08 Å². The van der Waals surface area contributed by atoms with Crippen LogP contribution in [0.2, 0.25) is 0 Å². The fourth-order valence-electron chi connectivity index (χ4n) is 3.25. The van der Waals surface area contributed by atoms with Gasteiger partial charge in [-0.15, -0.1) is 0 Å². The maximum absolute atomic E-state index is 12.8. The van der Waals surface area contributed by atoms with Crippen LogP contribution < -0.4 is 10.8 Å². The molecule has 1 aliphatic heterocycles. The molecule has 6 nitrogen and oxygen atoms in total. The number of hydrogen-bond donors (Lipinski definition) is 3. The van der Waals surface area contributed by atoms with Gasteiger partial charge in [-0.25, -0.2) is 5.48 Å². The fourth-order valence-corrected chi connectivity index (χ4v) is 3.25. The Hall–Kier alpha value is -3.06. The van der Waals surface area contributed by atoms with Crippen molar-refractivity contribution in [1.82, 2.24) is 15.7 Å². The maximum atomic E-state index is 12.8. The van der Waals surface area contributed by atoms with E-state index in [1.54, 1.807) is 23.7 Å². The zero-order valence-electron chi connectivity index (χ0n) is 16.2. The summed E-state index contributed by atoms with van der Waals surface area (Å²) < 4.78 is 0. The third kappa shape index (κ3) is 6.22. The van der Waals surface area contributed by atoms with Crippen molar-refractivity contribution in [3.8, 4) is 0 Å². The zero-order chi connectivity index (χ0) is 20.5. The molecule has 1 amide bonds. The van der Waals surface area contributed by atoms with Gasteiger partial charge in [0, 0.05) is 44.4 Å². The third-order valence-corrected chi connectivity index (χ3v) is 4.76. The van der Waals surface area contributed by atoms with Crippen LogP contribution in [-0.2, 0) is 11.3 Å². The first-order valence-corrected chi connectivity index (χ1v) is 9.61. The van der Waals surface area contributed by atoms with E-state index in [-0.39, 0.29) is 5.78 Å². The highest BCUT2D eigenvalue weighted by molar-refractivity contribution is 6.07. The summed E-state index contributed by atoms with van der Waals surface area (Å²) in [5.74, 6) is -0.626. The Kier molecular flexibility index (Phi) is 7.47. The lowest BCUT2D eigenvalue weighted by molar-refractivity contribution is -0.124. The molecule has 3 N–H and O–H groups in total. The molecule has 0 radical (unpaired) electrons. The van der Waals surface area contributed by atoms with Crippen molar-refractivity contribution in [2.45, 2.75) is 6.54 Å². The molecule has 0 aromatic heterocycles. The number of hydroxylamine groups is 1. The summed E-state index contributed by atoms with van der Waals surface area (Å²) in [7, 11) is 0. The number of piperazine rings is 1. The fraction of sp³-hybridized carbons (Fsp3) is 0.217. The van der Waals surface area contributed by atoms with Gasteiger partial charge in [-0.05, 0) is 34.9 Å². The summed E-state index contributed by atoms with van der Waals surface area (Å²) in [6, 6.07) is 15.2. The molecule has 1 fully saturated rings. The van der Waals surface area contributed by atoms with Crippen LogP contribution in [0.5, 0.6) is 0 Å². The average molecular weight is 391 g/mol. The van der Waals surface area contributed by atoms with Gasteiger partial charge in [0.15, 0.2) is 5.78 Å². The minimum atomic E-state index is -0.595. The topological polar surface area (TPSA) is 81.7 Å². The van der Waals surface area contributed by atoms with E-state index >= 15 is 0 Å². The Morgan fingerprint density at radius 2 is 1.69 bits per heavy atom. The Morgan fingerprint density at radius 1 is 1.00 bits per heavy atom. The van der Waals surface area contributed by atoms with Gasteiger partial charge in [-0.2, -0.15) is 0 Å². The molecule has 0 atom stereocenters. The molecule has 1 saturated heterocycles. The monoisotopic (exact) mass is 391 g/mol. The lowest BCUT2D eigenvalue weighted by Gasteiger charge is -2.27. The van der Waals surface area contributed by atoms with E-state index in [9.17, 15) is 9.59 Å². The molecule has 150 valence electrons. The molecular weight excluding hydrogens is 366 g/mol. The van der Waals surface area contributed by atoms with E-state index in [0.717, 1.165) is 55.0 Å². The van der Waals surface area contributed by atoms with Crippen LogP contribution >= 0.6 is 0 Å². The lowest BCUT2D eigenvalue weighted by atomic mass is 10.0. The predicted octanol–water partition coefficient (Wildman–Crippen LogP) is 2.51. The van der Waals surface area contributed by atoms with Crippen molar-refractivity contribution in [3.05, 3.63) is 82.9 Å². The van der Waals surface area contributed by atoms with Crippen LogP contribution in [0.4, 0.5) is 0 Å². The third-order valence-electron chi connectivity index (χ3n) is 4.76. The van der Waals surface area contributed by atoms with Crippen molar-refractivity contribution < 1.29 is 14.8 Å². The van der Waals surface area contributed by atoms with Crippen LogP contribution in [-0.4, -0.2) is 48.0 Å². The second-order valence-electron chi connectivity index (χ2n) is 6.86. The number of nitrogens with one attached hydrogen (secondary N) is 2. The molecule has 6 heteroatoms. The molecule has 0 bridgehead atoms.